The van der Waals surface area contributed by atoms with Gasteiger partial charge in [0.05, 0.1) is 5.60 Å². The average Bonchev–Trinajstić information content (AvgIpc) is 1.97. The number of hydrogen-bond donors (Lipinski definition) is 1. The quantitative estimate of drug-likeness (QED) is 0.741. The van der Waals surface area contributed by atoms with E-state index in [0.717, 1.165) is 0 Å². The SMILES string of the molecule is CC(C)(C)ONC(=O)COCC(F)(F)F. The van der Waals surface area contributed by atoms with Gasteiger partial charge in [0.15, 0.2) is 0 Å². The highest BCUT2D eigenvalue weighted by molar-refractivity contribution is 5.76. The minimum absolute atomic E-state index is 0.598. The van der Waals surface area contributed by atoms with Crippen molar-refractivity contribution in [1.29, 1.82) is 0 Å². The molecule has 90 valence electrons. The molecule has 0 unspecified atom stereocenters. The number of carbonyl (C=O) groups excluding carboxylic acids is 1. The van der Waals surface area contributed by atoms with E-state index in [2.05, 4.69) is 4.74 Å². The average molecular weight is 229 g/mol. The van der Waals surface area contributed by atoms with Crippen LogP contribution in [-0.4, -0.2) is 30.9 Å². The number of hydrogen-bond acceptors (Lipinski definition) is 3. The van der Waals surface area contributed by atoms with Crippen molar-refractivity contribution in [2.24, 2.45) is 0 Å². The van der Waals surface area contributed by atoms with Gasteiger partial charge in [-0.1, -0.05) is 0 Å². The van der Waals surface area contributed by atoms with Gasteiger partial charge in [-0.15, -0.1) is 0 Å². The van der Waals surface area contributed by atoms with Gasteiger partial charge in [-0.2, -0.15) is 13.2 Å². The maximum atomic E-state index is 11.6. The molecule has 0 saturated heterocycles. The van der Waals surface area contributed by atoms with Crippen LogP contribution in [0.2, 0.25) is 0 Å². The second-order valence-electron chi connectivity index (χ2n) is 3.85. The molecule has 0 spiro atoms. The number of nitrogens with one attached hydrogen (secondary N) is 1. The van der Waals surface area contributed by atoms with Gasteiger partial charge in [0.2, 0.25) is 0 Å². The van der Waals surface area contributed by atoms with E-state index < -0.39 is 30.9 Å². The van der Waals surface area contributed by atoms with E-state index in [1.807, 2.05) is 5.48 Å². The van der Waals surface area contributed by atoms with E-state index in [1.165, 1.54) is 0 Å². The van der Waals surface area contributed by atoms with Gasteiger partial charge in [-0.3, -0.25) is 9.63 Å². The van der Waals surface area contributed by atoms with E-state index in [0.29, 0.717) is 0 Å². The van der Waals surface area contributed by atoms with Crippen molar-refractivity contribution in [3.05, 3.63) is 0 Å². The molecule has 0 atom stereocenters. The Morgan fingerprint density at radius 2 is 1.80 bits per heavy atom. The Bertz CT molecular complexity index is 210. The normalized spacial score (nSPS) is 12.7. The van der Waals surface area contributed by atoms with Crippen LogP contribution in [0.4, 0.5) is 13.2 Å². The lowest BCUT2D eigenvalue weighted by Crippen LogP contribution is -2.36. The molecule has 0 rings (SSSR count). The third-order valence-electron chi connectivity index (χ3n) is 0.970. The first-order valence-electron chi connectivity index (χ1n) is 4.21. The van der Waals surface area contributed by atoms with Gasteiger partial charge < -0.3 is 4.74 Å². The highest BCUT2D eigenvalue weighted by atomic mass is 19.4. The molecule has 0 heterocycles. The Kier molecular flexibility index (Phi) is 5.02. The van der Waals surface area contributed by atoms with Crippen molar-refractivity contribution in [3.8, 4) is 0 Å². The molecule has 0 aliphatic heterocycles. The summed E-state index contributed by atoms with van der Waals surface area (Å²) in [7, 11) is 0. The summed E-state index contributed by atoms with van der Waals surface area (Å²) in [5.74, 6) is -0.755. The van der Waals surface area contributed by atoms with E-state index in [-0.39, 0.29) is 0 Å². The molecule has 0 aromatic rings. The number of alkyl halides is 3. The summed E-state index contributed by atoms with van der Waals surface area (Å²) in [4.78, 5) is 15.7. The van der Waals surface area contributed by atoms with Crippen molar-refractivity contribution < 1.29 is 27.5 Å². The van der Waals surface area contributed by atoms with E-state index in [4.69, 9.17) is 4.84 Å². The first-order chi connectivity index (χ1) is 6.60. The molecular formula is C8H14F3NO3. The fourth-order valence-corrected chi connectivity index (χ4v) is 0.499. The first-order valence-corrected chi connectivity index (χ1v) is 4.21. The number of hydroxylamine groups is 1. The zero-order chi connectivity index (χ0) is 12.1. The molecule has 0 bridgehead atoms. The van der Waals surface area contributed by atoms with Crippen molar-refractivity contribution >= 4 is 5.91 Å². The Hall–Kier alpha value is -0.820. The fraction of sp³-hybridized carbons (Fsp3) is 0.875. The number of ether oxygens (including phenoxy) is 1. The maximum Gasteiger partial charge on any atom is 0.411 e. The Morgan fingerprint density at radius 1 is 1.27 bits per heavy atom. The molecule has 7 heteroatoms. The molecule has 0 aromatic carbocycles. The standard InChI is InChI=1S/C8H14F3NO3/c1-7(2,3)15-12-6(13)4-14-5-8(9,10)11/h4-5H2,1-3H3,(H,12,13). The zero-order valence-corrected chi connectivity index (χ0v) is 8.77. The van der Waals surface area contributed by atoms with Crippen LogP contribution in [0, 0.1) is 0 Å². The third-order valence-corrected chi connectivity index (χ3v) is 0.970. The second-order valence-corrected chi connectivity index (χ2v) is 3.85. The smallest absolute Gasteiger partial charge is 0.362 e. The highest BCUT2D eigenvalue weighted by Gasteiger charge is 2.27. The summed E-state index contributed by atoms with van der Waals surface area (Å²) in [6.45, 7) is 2.92. The molecular weight excluding hydrogens is 215 g/mol. The molecule has 1 N–H and O–H groups in total. The van der Waals surface area contributed by atoms with Crippen LogP contribution in [0.3, 0.4) is 0 Å². The predicted octanol–water partition coefficient (Wildman–Crippen LogP) is 1.41. The fourth-order valence-electron chi connectivity index (χ4n) is 0.499. The summed E-state index contributed by atoms with van der Waals surface area (Å²) < 4.78 is 38.9. The van der Waals surface area contributed by atoms with Crippen molar-refractivity contribution in [2.75, 3.05) is 13.2 Å². The largest absolute Gasteiger partial charge is 0.411 e. The molecule has 1 amide bonds. The lowest BCUT2D eigenvalue weighted by molar-refractivity contribution is -0.180. The van der Waals surface area contributed by atoms with E-state index >= 15 is 0 Å². The van der Waals surface area contributed by atoms with Gasteiger partial charge in [-0.25, -0.2) is 5.48 Å². The molecule has 0 aromatic heterocycles. The molecule has 0 radical (unpaired) electrons. The number of amides is 1. The van der Waals surface area contributed by atoms with Crippen LogP contribution in [0.15, 0.2) is 0 Å². The van der Waals surface area contributed by atoms with Gasteiger partial charge in [0.1, 0.15) is 13.2 Å². The second kappa shape index (κ2) is 5.32. The minimum Gasteiger partial charge on any atom is -0.362 e. The summed E-state index contributed by atoms with van der Waals surface area (Å²) in [5.41, 5.74) is 1.38. The van der Waals surface area contributed by atoms with Gasteiger partial charge in [-0.05, 0) is 20.8 Å². The molecule has 15 heavy (non-hydrogen) atoms. The molecule has 0 aliphatic carbocycles. The molecule has 0 fully saturated rings. The van der Waals surface area contributed by atoms with E-state index in [1.54, 1.807) is 20.8 Å². The summed E-state index contributed by atoms with van der Waals surface area (Å²) in [6, 6.07) is 0. The first kappa shape index (κ1) is 14.2. The van der Waals surface area contributed by atoms with Crippen LogP contribution >= 0.6 is 0 Å². The number of rotatable bonds is 4. The lowest BCUT2D eigenvalue weighted by atomic mass is 10.2. The monoisotopic (exact) mass is 229 g/mol. The number of carbonyl (C=O) groups is 1. The zero-order valence-electron chi connectivity index (χ0n) is 8.77. The van der Waals surface area contributed by atoms with Crippen LogP contribution in [-0.2, 0) is 14.4 Å². The van der Waals surface area contributed by atoms with Gasteiger partial charge >= 0.3 is 6.18 Å². The van der Waals surface area contributed by atoms with Gasteiger partial charge in [0.25, 0.3) is 5.91 Å². The third kappa shape index (κ3) is 11.1. The minimum atomic E-state index is -4.43. The van der Waals surface area contributed by atoms with Crippen molar-refractivity contribution in [3.63, 3.8) is 0 Å². The topological polar surface area (TPSA) is 47.6 Å². The van der Waals surface area contributed by atoms with Crippen LogP contribution < -0.4 is 5.48 Å². The number of halogens is 3. The van der Waals surface area contributed by atoms with Crippen LogP contribution in [0.5, 0.6) is 0 Å². The van der Waals surface area contributed by atoms with Crippen LogP contribution in [0.1, 0.15) is 20.8 Å². The maximum absolute atomic E-state index is 11.6. The summed E-state index contributed by atoms with van der Waals surface area (Å²) in [6.07, 6.45) is -4.43. The summed E-state index contributed by atoms with van der Waals surface area (Å²) in [5, 5.41) is 0. The van der Waals surface area contributed by atoms with Crippen LogP contribution in [0.25, 0.3) is 0 Å². The van der Waals surface area contributed by atoms with Crippen molar-refractivity contribution in [1.82, 2.24) is 5.48 Å². The highest BCUT2D eigenvalue weighted by Crippen LogP contribution is 2.14. The molecule has 0 aliphatic rings. The van der Waals surface area contributed by atoms with Gasteiger partial charge in [0, 0.05) is 0 Å². The Morgan fingerprint density at radius 3 is 2.20 bits per heavy atom. The van der Waals surface area contributed by atoms with Crippen molar-refractivity contribution in [2.45, 2.75) is 32.5 Å². The summed E-state index contributed by atoms with van der Waals surface area (Å²) >= 11 is 0. The molecule has 4 nitrogen and oxygen atoms in total. The lowest BCUT2D eigenvalue weighted by Gasteiger charge is -2.18. The Labute approximate surface area is 85.7 Å². The Balaban J connectivity index is 3.60. The predicted molar refractivity (Wildman–Crippen MR) is 45.9 cm³/mol. The van der Waals surface area contributed by atoms with E-state index in [9.17, 15) is 18.0 Å². The molecule has 0 saturated carbocycles.